The van der Waals surface area contributed by atoms with E-state index in [-0.39, 0.29) is 6.10 Å². The standard InChI is InChI=1S/C24H22ClN3OS/c25-23-19(13-18-9-4-5-11-21(18)27-23)16-30-24-26-14-22(17-7-2-1-3-8-17)28(24)15-20-10-6-12-29-20/h1-5,7-9,11,13-14,20H,6,10,12,15-16H2. The molecular formula is C24H22ClN3OS. The Hall–Kier alpha value is -2.34. The summed E-state index contributed by atoms with van der Waals surface area (Å²) in [7, 11) is 0. The number of hydrogen-bond donors (Lipinski definition) is 0. The van der Waals surface area contributed by atoms with E-state index in [9.17, 15) is 0 Å². The highest BCUT2D eigenvalue weighted by atomic mass is 35.5. The van der Waals surface area contributed by atoms with Crippen molar-refractivity contribution in [3.63, 3.8) is 0 Å². The van der Waals surface area contributed by atoms with Crippen molar-refractivity contribution in [2.45, 2.75) is 36.4 Å². The molecule has 2 aromatic carbocycles. The zero-order valence-corrected chi connectivity index (χ0v) is 18.1. The maximum absolute atomic E-state index is 6.48. The van der Waals surface area contributed by atoms with Crippen LogP contribution in [0.15, 0.2) is 72.0 Å². The van der Waals surface area contributed by atoms with Crippen LogP contribution >= 0.6 is 23.4 Å². The minimum absolute atomic E-state index is 0.243. The Labute approximate surface area is 185 Å². The third-order valence-corrected chi connectivity index (χ3v) is 6.77. The number of thioether (sulfide) groups is 1. The Balaban J connectivity index is 1.44. The van der Waals surface area contributed by atoms with Gasteiger partial charge in [0.15, 0.2) is 5.16 Å². The first-order chi connectivity index (χ1) is 14.8. The molecular weight excluding hydrogens is 414 g/mol. The van der Waals surface area contributed by atoms with E-state index in [1.54, 1.807) is 11.8 Å². The van der Waals surface area contributed by atoms with Crippen LogP contribution in [0, 0.1) is 0 Å². The Kier molecular flexibility index (Phi) is 5.75. The van der Waals surface area contributed by atoms with E-state index in [1.165, 1.54) is 5.56 Å². The van der Waals surface area contributed by atoms with Gasteiger partial charge in [-0.3, -0.25) is 0 Å². The summed E-state index contributed by atoms with van der Waals surface area (Å²) in [5.41, 5.74) is 4.23. The van der Waals surface area contributed by atoms with Gasteiger partial charge in [0, 0.05) is 23.3 Å². The van der Waals surface area contributed by atoms with Crippen molar-refractivity contribution in [3.05, 3.63) is 77.6 Å². The fourth-order valence-electron chi connectivity index (χ4n) is 3.86. The second-order valence-corrected chi connectivity index (χ2v) is 8.76. The van der Waals surface area contributed by atoms with Crippen LogP contribution in [0.3, 0.4) is 0 Å². The minimum Gasteiger partial charge on any atom is -0.376 e. The first kappa shape index (κ1) is 19.6. The van der Waals surface area contributed by atoms with Crippen molar-refractivity contribution < 1.29 is 4.74 Å². The maximum Gasteiger partial charge on any atom is 0.168 e. The Morgan fingerprint density at radius 1 is 1.10 bits per heavy atom. The molecule has 1 fully saturated rings. The molecule has 1 aliphatic rings. The Morgan fingerprint density at radius 3 is 2.77 bits per heavy atom. The number of benzene rings is 2. The number of hydrogen-bond acceptors (Lipinski definition) is 4. The zero-order chi connectivity index (χ0) is 20.3. The summed E-state index contributed by atoms with van der Waals surface area (Å²) in [4.78, 5) is 9.30. The zero-order valence-electron chi connectivity index (χ0n) is 16.5. The molecule has 1 atom stereocenters. The van der Waals surface area contributed by atoms with Gasteiger partial charge < -0.3 is 9.30 Å². The second-order valence-electron chi connectivity index (χ2n) is 7.46. The van der Waals surface area contributed by atoms with E-state index in [4.69, 9.17) is 21.3 Å². The third kappa shape index (κ3) is 4.10. The van der Waals surface area contributed by atoms with Gasteiger partial charge in [-0.25, -0.2) is 9.97 Å². The first-order valence-corrected chi connectivity index (χ1v) is 11.5. The van der Waals surface area contributed by atoms with Gasteiger partial charge in [0.1, 0.15) is 5.15 Å². The number of ether oxygens (including phenoxy) is 1. The number of rotatable bonds is 6. The van der Waals surface area contributed by atoms with Gasteiger partial charge in [-0.2, -0.15) is 0 Å². The molecule has 4 aromatic rings. The van der Waals surface area contributed by atoms with E-state index < -0.39 is 0 Å². The van der Waals surface area contributed by atoms with Gasteiger partial charge in [-0.15, -0.1) is 0 Å². The molecule has 30 heavy (non-hydrogen) atoms. The van der Waals surface area contributed by atoms with Gasteiger partial charge in [0.2, 0.25) is 0 Å². The van der Waals surface area contributed by atoms with Crippen molar-refractivity contribution >= 4 is 34.3 Å². The quantitative estimate of drug-likeness (QED) is 0.266. The van der Waals surface area contributed by atoms with Crippen LogP contribution in [-0.4, -0.2) is 27.2 Å². The normalized spacial score (nSPS) is 16.4. The number of para-hydroxylation sites is 1. The van der Waals surface area contributed by atoms with Gasteiger partial charge in [-0.1, -0.05) is 71.9 Å². The number of aromatic nitrogens is 3. The number of halogens is 1. The van der Waals surface area contributed by atoms with Crippen LogP contribution in [0.4, 0.5) is 0 Å². The minimum atomic E-state index is 0.243. The largest absolute Gasteiger partial charge is 0.376 e. The lowest BCUT2D eigenvalue weighted by molar-refractivity contribution is 0.0954. The van der Waals surface area contributed by atoms with E-state index in [0.717, 1.165) is 53.3 Å². The fourth-order valence-corrected chi connectivity index (χ4v) is 5.11. The lowest BCUT2D eigenvalue weighted by atomic mass is 10.1. The molecule has 1 unspecified atom stereocenters. The predicted molar refractivity (Wildman–Crippen MR) is 123 cm³/mol. The van der Waals surface area contributed by atoms with Crippen molar-refractivity contribution in [1.82, 2.24) is 14.5 Å². The highest BCUT2D eigenvalue weighted by molar-refractivity contribution is 7.98. The number of fused-ring (bicyclic) bond motifs is 1. The van der Waals surface area contributed by atoms with Crippen LogP contribution in [0.25, 0.3) is 22.2 Å². The molecule has 0 aliphatic carbocycles. The van der Waals surface area contributed by atoms with Gasteiger partial charge in [0.05, 0.1) is 30.1 Å². The Bertz CT molecular complexity index is 1160. The molecule has 1 aliphatic heterocycles. The maximum atomic E-state index is 6.48. The summed E-state index contributed by atoms with van der Waals surface area (Å²) in [6.45, 7) is 1.66. The van der Waals surface area contributed by atoms with E-state index in [2.05, 4.69) is 45.9 Å². The summed E-state index contributed by atoms with van der Waals surface area (Å²) in [5.74, 6) is 0.716. The van der Waals surface area contributed by atoms with Crippen molar-refractivity contribution in [2.24, 2.45) is 0 Å². The number of imidazole rings is 1. The number of nitrogens with zero attached hydrogens (tertiary/aromatic N) is 3. The smallest absolute Gasteiger partial charge is 0.168 e. The molecule has 0 bridgehead atoms. The molecule has 0 radical (unpaired) electrons. The summed E-state index contributed by atoms with van der Waals surface area (Å²) < 4.78 is 8.20. The highest BCUT2D eigenvalue weighted by Crippen LogP contribution is 2.32. The second kappa shape index (κ2) is 8.80. The average Bonchev–Trinajstić information content (AvgIpc) is 3.43. The molecule has 0 saturated carbocycles. The Morgan fingerprint density at radius 2 is 1.93 bits per heavy atom. The molecule has 1 saturated heterocycles. The monoisotopic (exact) mass is 435 g/mol. The van der Waals surface area contributed by atoms with Crippen LogP contribution in [0.5, 0.6) is 0 Å². The van der Waals surface area contributed by atoms with Gasteiger partial charge in [-0.05, 0) is 30.5 Å². The summed E-state index contributed by atoms with van der Waals surface area (Å²) in [5, 5.41) is 2.64. The van der Waals surface area contributed by atoms with Gasteiger partial charge in [0.25, 0.3) is 0 Å². The molecule has 5 rings (SSSR count). The van der Waals surface area contributed by atoms with E-state index in [0.29, 0.717) is 10.9 Å². The first-order valence-electron chi connectivity index (χ1n) is 10.2. The van der Waals surface area contributed by atoms with Crippen molar-refractivity contribution in [2.75, 3.05) is 6.61 Å². The number of pyridine rings is 1. The predicted octanol–water partition coefficient (Wildman–Crippen LogP) is 6.22. The van der Waals surface area contributed by atoms with E-state index in [1.807, 2.05) is 30.5 Å². The average molecular weight is 436 g/mol. The lowest BCUT2D eigenvalue weighted by Crippen LogP contribution is -2.16. The topological polar surface area (TPSA) is 39.9 Å². The SMILES string of the molecule is Clc1nc2ccccc2cc1CSc1ncc(-c2ccccc2)n1CC1CCCO1. The molecule has 152 valence electrons. The highest BCUT2D eigenvalue weighted by Gasteiger charge is 2.21. The molecule has 3 heterocycles. The van der Waals surface area contributed by atoms with Crippen molar-refractivity contribution in [1.29, 1.82) is 0 Å². The fraction of sp³-hybridized carbons (Fsp3) is 0.250. The third-order valence-electron chi connectivity index (χ3n) is 5.41. The molecule has 4 nitrogen and oxygen atoms in total. The summed E-state index contributed by atoms with van der Waals surface area (Å²) in [6, 6.07) is 20.6. The molecule has 6 heteroatoms. The van der Waals surface area contributed by atoms with Crippen LogP contribution < -0.4 is 0 Å². The van der Waals surface area contributed by atoms with Crippen molar-refractivity contribution in [3.8, 4) is 11.3 Å². The van der Waals surface area contributed by atoms with Gasteiger partial charge >= 0.3 is 0 Å². The molecule has 2 aromatic heterocycles. The van der Waals surface area contributed by atoms with Crippen LogP contribution in [0.2, 0.25) is 5.15 Å². The van der Waals surface area contributed by atoms with Crippen LogP contribution in [-0.2, 0) is 17.0 Å². The summed E-state index contributed by atoms with van der Waals surface area (Å²) >= 11 is 8.17. The van der Waals surface area contributed by atoms with Crippen LogP contribution in [0.1, 0.15) is 18.4 Å². The van der Waals surface area contributed by atoms with E-state index >= 15 is 0 Å². The molecule has 0 spiro atoms. The summed E-state index contributed by atoms with van der Waals surface area (Å²) in [6.07, 6.45) is 4.43. The molecule has 0 N–H and O–H groups in total. The molecule has 0 amide bonds. The lowest BCUT2D eigenvalue weighted by Gasteiger charge is -2.16.